The fourth-order valence-electron chi connectivity index (χ4n) is 3.90. The van der Waals surface area contributed by atoms with Gasteiger partial charge >= 0.3 is 0 Å². The SMILES string of the molecule is CC(C)c1ccccc1OCCCn1c(CNC(=O)c2ccccc2F)nc2ccccc21. The predicted octanol–water partition coefficient (Wildman–Crippen LogP) is 5.70. The number of hydrogen-bond donors (Lipinski definition) is 1. The highest BCUT2D eigenvalue weighted by atomic mass is 19.1. The van der Waals surface area contributed by atoms with Crippen LogP contribution in [0.3, 0.4) is 0 Å². The molecule has 170 valence electrons. The van der Waals surface area contributed by atoms with Crippen molar-refractivity contribution in [1.29, 1.82) is 0 Å². The zero-order chi connectivity index (χ0) is 23.2. The summed E-state index contributed by atoms with van der Waals surface area (Å²) in [7, 11) is 0. The van der Waals surface area contributed by atoms with Gasteiger partial charge in [-0.25, -0.2) is 9.37 Å². The van der Waals surface area contributed by atoms with Crippen LogP contribution in [0, 0.1) is 5.82 Å². The van der Waals surface area contributed by atoms with Crippen molar-refractivity contribution < 1.29 is 13.9 Å². The second-order valence-electron chi connectivity index (χ2n) is 8.23. The summed E-state index contributed by atoms with van der Waals surface area (Å²) in [5.41, 5.74) is 3.08. The molecule has 0 fully saturated rings. The van der Waals surface area contributed by atoms with E-state index in [2.05, 4.69) is 34.8 Å². The molecular weight excluding hydrogens is 417 g/mol. The van der Waals surface area contributed by atoms with Crippen molar-refractivity contribution in [3.63, 3.8) is 0 Å². The molecule has 0 atom stereocenters. The molecule has 4 rings (SSSR count). The van der Waals surface area contributed by atoms with Gasteiger partial charge in [0.15, 0.2) is 0 Å². The number of carbonyl (C=O) groups excluding carboxylic acids is 1. The van der Waals surface area contributed by atoms with E-state index >= 15 is 0 Å². The number of ether oxygens (including phenoxy) is 1. The Hall–Kier alpha value is -3.67. The van der Waals surface area contributed by atoms with Crippen molar-refractivity contribution in [2.75, 3.05) is 6.61 Å². The van der Waals surface area contributed by atoms with Crippen molar-refractivity contribution >= 4 is 16.9 Å². The summed E-state index contributed by atoms with van der Waals surface area (Å²) in [6.07, 6.45) is 0.779. The van der Waals surface area contributed by atoms with E-state index in [1.165, 1.54) is 17.7 Å². The third-order valence-electron chi connectivity index (χ3n) is 5.58. The van der Waals surface area contributed by atoms with Gasteiger partial charge in [-0.15, -0.1) is 0 Å². The molecule has 0 bridgehead atoms. The molecule has 0 aliphatic heterocycles. The Kier molecular flexibility index (Phi) is 7.03. The molecule has 4 aromatic rings. The van der Waals surface area contributed by atoms with E-state index in [-0.39, 0.29) is 12.1 Å². The van der Waals surface area contributed by atoms with Crippen LogP contribution in [-0.2, 0) is 13.1 Å². The number of fused-ring (bicyclic) bond motifs is 1. The van der Waals surface area contributed by atoms with Crippen LogP contribution < -0.4 is 10.1 Å². The molecule has 0 aliphatic carbocycles. The minimum absolute atomic E-state index is 0.0254. The van der Waals surface area contributed by atoms with E-state index in [0.717, 1.165) is 29.0 Å². The lowest BCUT2D eigenvalue weighted by Crippen LogP contribution is -2.25. The molecule has 0 unspecified atom stereocenters. The summed E-state index contributed by atoms with van der Waals surface area (Å²) >= 11 is 0. The Balaban J connectivity index is 1.44. The van der Waals surface area contributed by atoms with Gasteiger partial charge in [0.05, 0.1) is 29.7 Å². The van der Waals surface area contributed by atoms with Gasteiger partial charge in [-0.3, -0.25) is 4.79 Å². The molecule has 0 aliphatic rings. The van der Waals surface area contributed by atoms with E-state index < -0.39 is 11.7 Å². The highest BCUT2D eigenvalue weighted by molar-refractivity contribution is 5.94. The van der Waals surface area contributed by atoms with Crippen LogP contribution in [0.15, 0.2) is 72.8 Å². The molecule has 1 aromatic heterocycles. The Bertz CT molecular complexity index is 1250. The van der Waals surface area contributed by atoms with Crippen molar-refractivity contribution in [2.24, 2.45) is 0 Å². The Labute approximate surface area is 193 Å². The molecule has 3 aromatic carbocycles. The van der Waals surface area contributed by atoms with Crippen LogP contribution in [0.2, 0.25) is 0 Å². The molecule has 0 saturated heterocycles. The first kappa shape index (κ1) is 22.5. The fourth-order valence-corrected chi connectivity index (χ4v) is 3.90. The number of imidazole rings is 1. The number of rotatable bonds is 9. The highest BCUT2D eigenvalue weighted by Crippen LogP contribution is 2.26. The van der Waals surface area contributed by atoms with Gasteiger partial charge in [0.1, 0.15) is 17.4 Å². The summed E-state index contributed by atoms with van der Waals surface area (Å²) in [4.78, 5) is 17.1. The summed E-state index contributed by atoms with van der Waals surface area (Å²) in [6.45, 7) is 5.77. The van der Waals surface area contributed by atoms with Crippen LogP contribution in [0.1, 0.15) is 47.9 Å². The lowest BCUT2D eigenvalue weighted by atomic mass is 10.0. The maximum atomic E-state index is 13.9. The van der Waals surface area contributed by atoms with Crippen LogP contribution in [0.25, 0.3) is 11.0 Å². The van der Waals surface area contributed by atoms with E-state index in [1.807, 2.05) is 42.5 Å². The van der Waals surface area contributed by atoms with Gasteiger partial charge in [0, 0.05) is 6.54 Å². The quantitative estimate of drug-likeness (QED) is 0.336. The maximum Gasteiger partial charge on any atom is 0.254 e. The van der Waals surface area contributed by atoms with Crippen molar-refractivity contribution in [1.82, 2.24) is 14.9 Å². The van der Waals surface area contributed by atoms with Gasteiger partial charge in [-0.05, 0) is 48.2 Å². The second-order valence-corrected chi connectivity index (χ2v) is 8.23. The van der Waals surface area contributed by atoms with Gasteiger partial charge in [-0.2, -0.15) is 0 Å². The zero-order valence-electron chi connectivity index (χ0n) is 18.9. The Morgan fingerprint density at radius 3 is 2.58 bits per heavy atom. The first-order valence-corrected chi connectivity index (χ1v) is 11.2. The van der Waals surface area contributed by atoms with Gasteiger partial charge in [0.25, 0.3) is 5.91 Å². The van der Waals surface area contributed by atoms with E-state index in [4.69, 9.17) is 4.74 Å². The first-order valence-electron chi connectivity index (χ1n) is 11.2. The number of nitrogens with zero attached hydrogens (tertiary/aromatic N) is 2. The molecule has 0 radical (unpaired) electrons. The molecule has 0 spiro atoms. The highest BCUT2D eigenvalue weighted by Gasteiger charge is 2.14. The zero-order valence-corrected chi connectivity index (χ0v) is 18.9. The topological polar surface area (TPSA) is 56.1 Å². The summed E-state index contributed by atoms with van der Waals surface area (Å²) in [6, 6.07) is 21.9. The number of carbonyl (C=O) groups is 1. The standard InChI is InChI=1S/C27H28FN3O2/c1-19(2)20-10-4-8-15-25(20)33-17-9-16-31-24-14-7-6-13-23(24)30-26(31)18-29-27(32)21-11-3-5-12-22(21)28/h3-8,10-15,19H,9,16-18H2,1-2H3,(H,29,32). The predicted molar refractivity (Wildman–Crippen MR) is 128 cm³/mol. The number of aromatic nitrogens is 2. The molecule has 6 heteroatoms. The lowest BCUT2D eigenvalue weighted by molar-refractivity contribution is 0.0945. The van der Waals surface area contributed by atoms with E-state index in [9.17, 15) is 9.18 Å². The molecule has 5 nitrogen and oxygen atoms in total. The number of para-hydroxylation sites is 3. The van der Waals surface area contributed by atoms with E-state index in [0.29, 0.717) is 19.1 Å². The molecule has 1 N–H and O–H groups in total. The molecule has 33 heavy (non-hydrogen) atoms. The molecule has 0 saturated carbocycles. The van der Waals surface area contributed by atoms with E-state index in [1.54, 1.807) is 12.1 Å². The third-order valence-corrected chi connectivity index (χ3v) is 5.58. The average molecular weight is 446 g/mol. The van der Waals surface area contributed by atoms with Gasteiger partial charge in [0.2, 0.25) is 0 Å². The fraction of sp³-hybridized carbons (Fsp3) is 0.259. The number of benzene rings is 3. The average Bonchev–Trinajstić information content (AvgIpc) is 3.18. The molecular formula is C27H28FN3O2. The summed E-state index contributed by atoms with van der Waals surface area (Å²) in [5.74, 6) is 1.04. The van der Waals surface area contributed by atoms with Crippen LogP contribution >= 0.6 is 0 Å². The van der Waals surface area contributed by atoms with Crippen molar-refractivity contribution in [3.8, 4) is 5.75 Å². The Morgan fingerprint density at radius 1 is 1.03 bits per heavy atom. The second kappa shape index (κ2) is 10.3. The normalized spacial score (nSPS) is 11.2. The van der Waals surface area contributed by atoms with Crippen LogP contribution in [-0.4, -0.2) is 22.1 Å². The smallest absolute Gasteiger partial charge is 0.254 e. The number of aryl methyl sites for hydroxylation is 1. The lowest BCUT2D eigenvalue weighted by Gasteiger charge is -2.15. The third kappa shape index (κ3) is 5.22. The van der Waals surface area contributed by atoms with Crippen LogP contribution in [0.5, 0.6) is 5.75 Å². The van der Waals surface area contributed by atoms with Gasteiger partial charge < -0.3 is 14.6 Å². The van der Waals surface area contributed by atoms with Crippen molar-refractivity contribution in [3.05, 3.63) is 95.6 Å². The first-order chi connectivity index (χ1) is 16.0. The van der Waals surface area contributed by atoms with Crippen LogP contribution in [0.4, 0.5) is 4.39 Å². The monoisotopic (exact) mass is 445 g/mol. The van der Waals surface area contributed by atoms with Gasteiger partial charge in [-0.1, -0.05) is 56.3 Å². The minimum Gasteiger partial charge on any atom is -0.493 e. The number of nitrogens with one attached hydrogen (secondary N) is 1. The van der Waals surface area contributed by atoms with Crippen molar-refractivity contribution in [2.45, 2.75) is 39.3 Å². The molecule has 1 heterocycles. The minimum atomic E-state index is -0.540. The number of hydrogen-bond acceptors (Lipinski definition) is 3. The summed E-state index contributed by atoms with van der Waals surface area (Å²) in [5, 5.41) is 2.80. The maximum absolute atomic E-state index is 13.9. The Morgan fingerprint density at radius 2 is 1.76 bits per heavy atom. The number of amides is 1. The largest absolute Gasteiger partial charge is 0.493 e. The molecule has 1 amide bonds. The number of halogens is 1. The summed E-state index contributed by atoms with van der Waals surface area (Å²) < 4.78 is 22.1.